The Kier molecular flexibility index (Phi) is 4.71. The number of nitrogens with two attached hydrogens (primary N) is 1. The second-order valence-corrected chi connectivity index (χ2v) is 6.13. The molecule has 22 heavy (non-hydrogen) atoms. The molecule has 0 aromatic carbocycles. The van der Waals surface area contributed by atoms with Crippen LogP contribution in [0.4, 0.5) is 4.79 Å². The van der Waals surface area contributed by atoms with E-state index in [1.165, 1.54) is 15.9 Å². The number of primary sulfonamides is 1. The average Bonchev–Trinajstić information content (AvgIpc) is 2.97. The maximum atomic E-state index is 12.2. The van der Waals surface area contributed by atoms with Gasteiger partial charge in [-0.25, -0.2) is 18.4 Å². The summed E-state index contributed by atoms with van der Waals surface area (Å²) in [6.45, 7) is 3.31. The van der Waals surface area contributed by atoms with Crippen LogP contribution in [0, 0.1) is 0 Å². The van der Waals surface area contributed by atoms with E-state index in [9.17, 15) is 18.0 Å². The molecule has 9 nitrogen and oxygen atoms in total. The van der Waals surface area contributed by atoms with Crippen LogP contribution in [0.2, 0.25) is 0 Å². The number of piperazine rings is 1. The van der Waals surface area contributed by atoms with Crippen LogP contribution in [0.15, 0.2) is 21.6 Å². The molecule has 0 unspecified atom stereocenters. The molecule has 1 aromatic rings. The highest BCUT2D eigenvalue weighted by Crippen LogP contribution is 2.15. The minimum atomic E-state index is -3.98. The van der Waals surface area contributed by atoms with Crippen LogP contribution in [0.25, 0.3) is 0 Å². The smallest absolute Gasteiger partial charge is 0.409 e. The summed E-state index contributed by atoms with van der Waals surface area (Å²) in [6, 6.07) is 2.40. The normalized spacial score (nSPS) is 15.7. The Hall–Kier alpha value is -2.07. The standard InChI is InChI=1S/C12H17N3O6S/c1-2-20-12(17)15-7-5-14(6-8-15)11(16)9-3-4-10(21-9)22(13,18)19/h3-4H,2,5-8H2,1H3,(H2,13,18,19). The first-order valence-electron chi connectivity index (χ1n) is 6.66. The van der Waals surface area contributed by atoms with E-state index in [2.05, 4.69) is 0 Å². The quantitative estimate of drug-likeness (QED) is 0.821. The molecule has 1 aliphatic heterocycles. The molecular weight excluding hydrogens is 314 g/mol. The maximum Gasteiger partial charge on any atom is 0.409 e. The number of hydrogen-bond donors (Lipinski definition) is 1. The van der Waals surface area contributed by atoms with Gasteiger partial charge in [0.05, 0.1) is 6.61 Å². The van der Waals surface area contributed by atoms with Crippen molar-refractivity contribution in [2.45, 2.75) is 12.0 Å². The zero-order chi connectivity index (χ0) is 16.3. The molecular formula is C12H17N3O6S. The van der Waals surface area contributed by atoms with E-state index < -0.39 is 27.1 Å². The largest absolute Gasteiger partial charge is 0.450 e. The third kappa shape index (κ3) is 3.57. The lowest BCUT2D eigenvalue weighted by atomic mass is 10.3. The van der Waals surface area contributed by atoms with Crippen molar-refractivity contribution in [3.8, 4) is 0 Å². The molecule has 1 aliphatic rings. The van der Waals surface area contributed by atoms with Gasteiger partial charge in [-0.1, -0.05) is 0 Å². The summed E-state index contributed by atoms with van der Waals surface area (Å²) in [6.07, 6.45) is -0.413. The highest BCUT2D eigenvalue weighted by Gasteiger charge is 2.27. The van der Waals surface area contributed by atoms with Gasteiger partial charge in [-0.05, 0) is 19.1 Å². The van der Waals surface area contributed by atoms with Gasteiger partial charge >= 0.3 is 6.09 Å². The highest BCUT2D eigenvalue weighted by molar-refractivity contribution is 7.89. The molecule has 1 aromatic heterocycles. The molecule has 1 saturated heterocycles. The van der Waals surface area contributed by atoms with Gasteiger partial charge in [-0.2, -0.15) is 0 Å². The van der Waals surface area contributed by atoms with Crippen molar-refractivity contribution in [1.82, 2.24) is 9.80 Å². The van der Waals surface area contributed by atoms with E-state index in [0.717, 1.165) is 6.07 Å². The van der Waals surface area contributed by atoms with Gasteiger partial charge in [0.1, 0.15) is 0 Å². The summed E-state index contributed by atoms with van der Waals surface area (Å²) in [7, 11) is -3.98. The number of carbonyl (C=O) groups is 2. The molecule has 0 atom stereocenters. The molecule has 1 fully saturated rings. The fourth-order valence-electron chi connectivity index (χ4n) is 2.05. The third-order valence-corrected chi connectivity index (χ3v) is 3.95. The molecule has 0 spiro atoms. The summed E-state index contributed by atoms with van der Waals surface area (Å²) in [5.74, 6) is -0.549. The second-order valence-electron chi connectivity index (χ2n) is 4.64. The lowest BCUT2D eigenvalue weighted by Gasteiger charge is -2.33. The summed E-state index contributed by atoms with van der Waals surface area (Å²) < 4.78 is 32.1. The number of ether oxygens (including phenoxy) is 1. The Morgan fingerprint density at radius 2 is 1.82 bits per heavy atom. The topological polar surface area (TPSA) is 123 Å². The van der Waals surface area contributed by atoms with Crippen LogP contribution in [-0.4, -0.2) is 63.0 Å². The van der Waals surface area contributed by atoms with Crippen LogP contribution < -0.4 is 5.14 Å². The van der Waals surface area contributed by atoms with E-state index in [4.69, 9.17) is 14.3 Å². The van der Waals surface area contributed by atoms with Crippen molar-refractivity contribution in [3.63, 3.8) is 0 Å². The molecule has 0 bridgehead atoms. The maximum absolute atomic E-state index is 12.2. The fourth-order valence-corrected chi connectivity index (χ4v) is 2.51. The van der Waals surface area contributed by atoms with Crippen molar-refractivity contribution in [2.24, 2.45) is 5.14 Å². The van der Waals surface area contributed by atoms with E-state index in [1.807, 2.05) is 0 Å². The van der Waals surface area contributed by atoms with Crippen molar-refractivity contribution in [1.29, 1.82) is 0 Å². The Bertz CT molecular complexity index is 660. The number of nitrogens with zero attached hydrogens (tertiary/aromatic N) is 2. The second kappa shape index (κ2) is 6.36. The first kappa shape index (κ1) is 16.3. The number of amides is 2. The molecule has 2 heterocycles. The molecule has 2 amide bonds. The zero-order valence-corrected chi connectivity index (χ0v) is 12.8. The van der Waals surface area contributed by atoms with E-state index >= 15 is 0 Å². The Morgan fingerprint density at radius 3 is 2.32 bits per heavy atom. The predicted molar refractivity (Wildman–Crippen MR) is 74.6 cm³/mol. The van der Waals surface area contributed by atoms with Gasteiger partial charge in [-0.15, -0.1) is 0 Å². The summed E-state index contributed by atoms with van der Waals surface area (Å²) in [5.41, 5.74) is 0. The van der Waals surface area contributed by atoms with Gasteiger partial charge < -0.3 is 19.0 Å². The monoisotopic (exact) mass is 331 g/mol. The van der Waals surface area contributed by atoms with Gasteiger partial charge in [0.2, 0.25) is 5.09 Å². The van der Waals surface area contributed by atoms with Gasteiger partial charge in [0, 0.05) is 26.2 Å². The summed E-state index contributed by atoms with van der Waals surface area (Å²) in [4.78, 5) is 26.7. The minimum Gasteiger partial charge on any atom is -0.450 e. The van der Waals surface area contributed by atoms with Crippen molar-refractivity contribution < 1.29 is 27.2 Å². The Balaban J connectivity index is 1.98. The zero-order valence-electron chi connectivity index (χ0n) is 12.0. The number of hydrogen-bond acceptors (Lipinski definition) is 6. The first-order chi connectivity index (χ1) is 10.3. The van der Waals surface area contributed by atoms with Crippen molar-refractivity contribution >= 4 is 22.0 Å². The van der Waals surface area contributed by atoms with Gasteiger partial charge in [-0.3, -0.25) is 4.79 Å². The summed E-state index contributed by atoms with van der Waals surface area (Å²) >= 11 is 0. The van der Waals surface area contributed by atoms with Crippen LogP contribution in [0.5, 0.6) is 0 Å². The van der Waals surface area contributed by atoms with Crippen LogP contribution >= 0.6 is 0 Å². The Morgan fingerprint density at radius 1 is 1.23 bits per heavy atom. The van der Waals surface area contributed by atoms with E-state index in [-0.39, 0.29) is 5.76 Å². The molecule has 10 heteroatoms. The molecule has 0 saturated carbocycles. The molecule has 122 valence electrons. The highest BCUT2D eigenvalue weighted by atomic mass is 32.2. The van der Waals surface area contributed by atoms with Gasteiger partial charge in [0.25, 0.3) is 15.9 Å². The lowest BCUT2D eigenvalue weighted by Crippen LogP contribution is -2.50. The average molecular weight is 331 g/mol. The molecule has 2 rings (SSSR count). The van der Waals surface area contributed by atoms with Crippen molar-refractivity contribution in [3.05, 3.63) is 17.9 Å². The first-order valence-corrected chi connectivity index (χ1v) is 8.21. The molecule has 0 aliphatic carbocycles. The van der Waals surface area contributed by atoms with Crippen LogP contribution in [0.1, 0.15) is 17.5 Å². The number of carbonyl (C=O) groups excluding carboxylic acids is 2. The molecule has 2 N–H and O–H groups in total. The summed E-state index contributed by atoms with van der Waals surface area (Å²) in [5, 5.41) is 4.47. The van der Waals surface area contributed by atoms with Crippen LogP contribution in [0.3, 0.4) is 0 Å². The predicted octanol–water partition coefficient (Wildman–Crippen LogP) is -0.159. The lowest BCUT2D eigenvalue weighted by molar-refractivity contribution is 0.0542. The third-order valence-electron chi connectivity index (χ3n) is 3.17. The van der Waals surface area contributed by atoms with E-state index in [0.29, 0.717) is 32.8 Å². The van der Waals surface area contributed by atoms with E-state index in [1.54, 1.807) is 6.92 Å². The number of furan rings is 1. The number of sulfonamides is 1. The minimum absolute atomic E-state index is 0.103. The van der Waals surface area contributed by atoms with Gasteiger partial charge in [0.15, 0.2) is 5.76 Å². The molecule has 0 radical (unpaired) electrons. The SMILES string of the molecule is CCOC(=O)N1CCN(C(=O)c2ccc(S(N)(=O)=O)o2)CC1. The fraction of sp³-hybridized carbons (Fsp3) is 0.500. The Labute approximate surface area is 127 Å². The van der Waals surface area contributed by atoms with Crippen molar-refractivity contribution in [2.75, 3.05) is 32.8 Å². The van der Waals surface area contributed by atoms with Crippen LogP contribution in [-0.2, 0) is 14.8 Å². The number of rotatable bonds is 3.